The first-order chi connectivity index (χ1) is 5.60. The molecule has 0 amide bonds. The van der Waals surface area contributed by atoms with Crippen LogP contribution in [0.5, 0.6) is 0 Å². The quantitative estimate of drug-likeness (QED) is 0.656. The van der Waals surface area contributed by atoms with E-state index < -0.39 is 13.4 Å². The summed E-state index contributed by atoms with van der Waals surface area (Å²) in [5.74, 6) is -1.11. The average molecular weight is 195 g/mol. The molecular formula is C7H16O4P. The van der Waals surface area contributed by atoms with Gasteiger partial charge in [0.15, 0.2) is 5.85 Å². The second-order valence-corrected chi connectivity index (χ2v) is 4.34. The summed E-state index contributed by atoms with van der Waals surface area (Å²) in [6.07, 6.45) is 0.122. The maximum absolute atomic E-state index is 11.6. The monoisotopic (exact) mass is 195 g/mol. The lowest BCUT2D eigenvalue weighted by Gasteiger charge is -2.20. The van der Waals surface area contributed by atoms with Gasteiger partial charge in [-0.3, -0.25) is 4.57 Å². The molecule has 0 fully saturated rings. The predicted molar refractivity (Wildman–Crippen MR) is 46.8 cm³/mol. The van der Waals surface area contributed by atoms with Crippen molar-refractivity contribution in [2.75, 3.05) is 13.2 Å². The minimum Gasteiger partial charge on any atom is -0.380 e. The van der Waals surface area contributed by atoms with Gasteiger partial charge in [0.1, 0.15) is 0 Å². The molecule has 0 aliphatic rings. The van der Waals surface area contributed by atoms with E-state index in [9.17, 15) is 9.67 Å². The molecule has 0 aliphatic carbocycles. The zero-order valence-electron chi connectivity index (χ0n) is 7.52. The molecular weight excluding hydrogens is 179 g/mol. The summed E-state index contributed by atoms with van der Waals surface area (Å²) in [5, 5.41) is 9.26. The highest BCUT2D eigenvalue weighted by atomic mass is 31.2. The Labute approximate surface area is 73.4 Å². The van der Waals surface area contributed by atoms with Crippen molar-refractivity contribution in [3.05, 3.63) is 6.92 Å². The maximum Gasteiger partial charge on any atom is 0.358 e. The Morgan fingerprint density at radius 2 is 1.83 bits per heavy atom. The van der Waals surface area contributed by atoms with Crippen LogP contribution in [-0.2, 0) is 13.6 Å². The minimum atomic E-state index is -3.32. The van der Waals surface area contributed by atoms with Crippen LogP contribution >= 0.6 is 7.60 Å². The van der Waals surface area contributed by atoms with Crippen LogP contribution in [0, 0.1) is 6.92 Å². The molecule has 0 rings (SSSR count). The molecule has 0 bridgehead atoms. The van der Waals surface area contributed by atoms with Crippen LogP contribution < -0.4 is 0 Å². The zero-order valence-corrected chi connectivity index (χ0v) is 8.42. The van der Waals surface area contributed by atoms with E-state index in [-0.39, 0.29) is 19.6 Å². The van der Waals surface area contributed by atoms with Crippen molar-refractivity contribution < 1.29 is 18.7 Å². The molecule has 4 nitrogen and oxygen atoms in total. The van der Waals surface area contributed by atoms with Gasteiger partial charge in [-0.15, -0.1) is 0 Å². The van der Waals surface area contributed by atoms with Crippen LogP contribution in [0.1, 0.15) is 20.3 Å². The first-order valence-electron chi connectivity index (χ1n) is 3.96. The molecule has 1 atom stereocenters. The zero-order chi connectivity index (χ0) is 9.61. The summed E-state index contributed by atoms with van der Waals surface area (Å²) >= 11 is 0. The van der Waals surface area contributed by atoms with Crippen molar-refractivity contribution in [1.29, 1.82) is 0 Å². The molecule has 0 aromatic rings. The van der Waals surface area contributed by atoms with Crippen molar-refractivity contribution in [1.82, 2.24) is 0 Å². The van der Waals surface area contributed by atoms with Gasteiger partial charge in [-0.2, -0.15) is 0 Å². The second-order valence-electron chi connectivity index (χ2n) is 2.14. The van der Waals surface area contributed by atoms with Crippen molar-refractivity contribution in [3.63, 3.8) is 0 Å². The average Bonchev–Trinajstić information content (AvgIpc) is 2.04. The van der Waals surface area contributed by atoms with Gasteiger partial charge in [0.2, 0.25) is 0 Å². The number of aliphatic hydroxyl groups excluding tert-OH is 1. The Morgan fingerprint density at radius 3 is 2.08 bits per heavy atom. The van der Waals surface area contributed by atoms with Crippen LogP contribution in [0.25, 0.3) is 0 Å². The number of rotatable bonds is 6. The topological polar surface area (TPSA) is 55.8 Å². The molecule has 0 saturated carbocycles. The molecule has 0 aromatic carbocycles. The fourth-order valence-corrected chi connectivity index (χ4v) is 2.18. The van der Waals surface area contributed by atoms with Gasteiger partial charge < -0.3 is 14.2 Å². The van der Waals surface area contributed by atoms with Gasteiger partial charge in [0, 0.05) is 0 Å². The van der Waals surface area contributed by atoms with Gasteiger partial charge in [0.25, 0.3) is 0 Å². The van der Waals surface area contributed by atoms with E-state index in [1.165, 1.54) is 0 Å². The van der Waals surface area contributed by atoms with Crippen molar-refractivity contribution in [3.8, 4) is 0 Å². The highest BCUT2D eigenvalue weighted by Gasteiger charge is 2.32. The Morgan fingerprint density at radius 1 is 1.42 bits per heavy atom. The van der Waals surface area contributed by atoms with E-state index in [0.717, 1.165) is 0 Å². The van der Waals surface area contributed by atoms with Crippen LogP contribution in [0.3, 0.4) is 0 Å². The van der Waals surface area contributed by atoms with Gasteiger partial charge in [0.05, 0.1) is 13.2 Å². The van der Waals surface area contributed by atoms with E-state index in [1.54, 1.807) is 13.8 Å². The van der Waals surface area contributed by atoms with Crippen molar-refractivity contribution in [2.45, 2.75) is 26.1 Å². The smallest absolute Gasteiger partial charge is 0.358 e. The summed E-state index contributed by atoms with van der Waals surface area (Å²) in [6.45, 7) is 7.34. The number of hydrogen-bond donors (Lipinski definition) is 1. The van der Waals surface area contributed by atoms with Crippen molar-refractivity contribution >= 4 is 7.60 Å². The van der Waals surface area contributed by atoms with Gasteiger partial charge in [-0.25, -0.2) is 0 Å². The third-order valence-electron chi connectivity index (χ3n) is 1.24. The summed E-state index contributed by atoms with van der Waals surface area (Å²) in [5.41, 5.74) is 0. The van der Waals surface area contributed by atoms with E-state index >= 15 is 0 Å². The van der Waals surface area contributed by atoms with Crippen LogP contribution in [0.15, 0.2) is 0 Å². The lowest BCUT2D eigenvalue weighted by molar-refractivity contribution is 0.150. The molecule has 0 aliphatic heterocycles. The molecule has 0 spiro atoms. The summed E-state index contributed by atoms with van der Waals surface area (Å²) in [6, 6.07) is 0. The summed E-state index contributed by atoms with van der Waals surface area (Å²) in [7, 11) is -3.32. The Balaban J connectivity index is 4.27. The molecule has 1 unspecified atom stereocenters. The number of aliphatic hydroxyl groups is 1. The SMILES string of the molecule is [CH2]CC(O)P(=O)(OCC)OCC. The van der Waals surface area contributed by atoms with E-state index in [0.29, 0.717) is 0 Å². The maximum atomic E-state index is 11.6. The summed E-state index contributed by atoms with van der Waals surface area (Å²) < 4.78 is 21.3. The molecule has 1 N–H and O–H groups in total. The third kappa shape index (κ3) is 3.23. The fourth-order valence-electron chi connectivity index (χ4n) is 0.727. The lowest BCUT2D eigenvalue weighted by atomic mass is 10.5. The van der Waals surface area contributed by atoms with Gasteiger partial charge in [-0.05, 0) is 20.3 Å². The van der Waals surface area contributed by atoms with Crippen LogP contribution in [0.2, 0.25) is 0 Å². The van der Waals surface area contributed by atoms with E-state index in [2.05, 4.69) is 6.92 Å². The third-order valence-corrected chi connectivity index (χ3v) is 3.47. The molecule has 5 heteroatoms. The molecule has 12 heavy (non-hydrogen) atoms. The lowest BCUT2D eigenvalue weighted by Crippen LogP contribution is -2.11. The fraction of sp³-hybridized carbons (Fsp3) is 0.857. The second kappa shape index (κ2) is 5.70. The minimum absolute atomic E-state index is 0.122. The summed E-state index contributed by atoms with van der Waals surface area (Å²) in [4.78, 5) is 0. The molecule has 0 aromatic heterocycles. The molecule has 73 valence electrons. The first kappa shape index (κ1) is 12.1. The Hall–Kier alpha value is 0.110. The Kier molecular flexibility index (Phi) is 5.76. The van der Waals surface area contributed by atoms with Crippen LogP contribution in [-0.4, -0.2) is 24.2 Å². The van der Waals surface area contributed by atoms with Crippen molar-refractivity contribution in [2.24, 2.45) is 0 Å². The largest absolute Gasteiger partial charge is 0.380 e. The predicted octanol–water partition coefficient (Wildman–Crippen LogP) is 1.80. The molecule has 0 saturated heterocycles. The van der Waals surface area contributed by atoms with E-state index in [4.69, 9.17) is 9.05 Å². The highest BCUT2D eigenvalue weighted by molar-refractivity contribution is 7.54. The molecule has 0 heterocycles. The first-order valence-corrected chi connectivity index (χ1v) is 5.58. The normalized spacial score (nSPS) is 14.7. The van der Waals surface area contributed by atoms with Gasteiger partial charge in [-0.1, -0.05) is 6.92 Å². The number of hydrogen-bond acceptors (Lipinski definition) is 4. The Bertz CT molecular complexity index is 149. The highest BCUT2D eigenvalue weighted by Crippen LogP contribution is 2.52. The van der Waals surface area contributed by atoms with E-state index in [1.807, 2.05) is 0 Å². The standard InChI is InChI=1S/C7H16O4P/c1-4-7(8)12(9,10-5-2)11-6-3/h7-8H,1,4-6H2,2-3H3. The van der Waals surface area contributed by atoms with Gasteiger partial charge >= 0.3 is 7.60 Å². The van der Waals surface area contributed by atoms with Crippen LogP contribution in [0.4, 0.5) is 0 Å². The molecule has 1 radical (unpaired) electrons.